The van der Waals surface area contributed by atoms with Gasteiger partial charge in [-0.2, -0.15) is 0 Å². The van der Waals surface area contributed by atoms with Crippen molar-refractivity contribution < 1.29 is 9.59 Å². The molecule has 0 spiro atoms. The number of nitrogens with one attached hydrogen (secondary N) is 3. The van der Waals surface area contributed by atoms with Crippen molar-refractivity contribution in [1.29, 1.82) is 0 Å². The summed E-state index contributed by atoms with van der Waals surface area (Å²) < 4.78 is 0. The molecule has 2 amide bonds. The first-order chi connectivity index (χ1) is 12.0. The van der Waals surface area contributed by atoms with Gasteiger partial charge in [-0.25, -0.2) is 0 Å². The Bertz CT molecular complexity index is 775. The zero-order valence-corrected chi connectivity index (χ0v) is 15.7. The molecule has 1 unspecified atom stereocenters. The van der Waals surface area contributed by atoms with Gasteiger partial charge in [-0.05, 0) is 55.7 Å². The maximum atomic E-state index is 12.5. The maximum Gasteiger partial charge on any atom is 0.251 e. The molecule has 0 fully saturated rings. The van der Waals surface area contributed by atoms with E-state index in [-0.39, 0.29) is 36.3 Å². The quantitative estimate of drug-likeness (QED) is 0.771. The topological polar surface area (TPSA) is 70.2 Å². The third-order valence-corrected chi connectivity index (χ3v) is 4.23. The summed E-state index contributed by atoms with van der Waals surface area (Å²) in [6.45, 7) is 4.53. The van der Waals surface area contributed by atoms with Crippen LogP contribution in [0.25, 0.3) is 0 Å². The van der Waals surface area contributed by atoms with E-state index in [4.69, 9.17) is 0 Å². The second-order valence-corrected chi connectivity index (χ2v) is 6.60. The van der Waals surface area contributed by atoms with Crippen molar-refractivity contribution in [1.82, 2.24) is 10.6 Å². The van der Waals surface area contributed by atoms with Gasteiger partial charge in [0.15, 0.2) is 0 Å². The van der Waals surface area contributed by atoms with Crippen LogP contribution in [0.2, 0.25) is 0 Å². The second kappa shape index (κ2) is 8.83. The molecular formula is C20H24ClN3O2. The molecule has 0 saturated carbocycles. The number of hydrogen-bond acceptors (Lipinski definition) is 3. The Hall–Kier alpha value is -2.37. The van der Waals surface area contributed by atoms with Crippen LogP contribution in [0.1, 0.15) is 35.3 Å². The molecular weight excluding hydrogens is 350 g/mol. The van der Waals surface area contributed by atoms with Gasteiger partial charge in [-0.3, -0.25) is 9.59 Å². The van der Waals surface area contributed by atoms with E-state index in [2.05, 4.69) is 28.1 Å². The Balaban J connectivity index is 0.00000243. The number of hydrogen-bond donors (Lipinski definition) is 3. The van der Waals surface area contributed by atoms with E-state index in [0.717, 1.165) is 0 Å². The van der Waals surface area contributed by atoms with E-state index in [1.165, 1.54) is 11.1 Å². The summed E-state index contributed by atoms with van der Waals surface area (Å²) in [5.41, 5.74) is 3.72. The molecule has 5 nitrogen and oxygen atoms in total. The number of halogens is 1. The van der Waals surface area contributed by atoms with Gasteiger partial charge < -0.3 is 16.0 Å². The second-order valence-electron chi connectivity index (χ2n) is 6.60. The highest BCUT2D eigenvalue weighted by Crippen LogP contribution is 2.17. The standard InChI is InChI=1S/C20H23N3O2.ClH/c1-13(2)22-19(24)14-7-9-17(10-8-14)23-20(25)18-11-15-5-3-4-6-16(15)12-21-18;/h3-10,13,18,21H,11-12H2,1-2H3,(H,22,24)(H,23,25);1H. The molecule has 0 aromatic heterocycles. The van der Waals surface area contributed by atoms with Crippen LogP contribution in [-0.2, 0) is 17.8 Å². The Morgan fingerprint density at radius 3 is 2.35 bits per heavy atom. The minimum Gasteiger partial charge on any atom is -0.350 e. The van der Waals surface area contributed by atoms with Crippen molar-refractivity contribution >= 4 is 29.9 Å². The lowest BCUT2D eigenvalue weighted by Gasteiger charge is -2.25. The lowest BCUT2D eigenvalue weighted by Crippen LogP contribution is -2.44. The van der Waals surface area contributed by atoms with E-state index in [9.17, 15) is 9.59 Å². The van der Waals surface area contributed by atoms with Crippen LogP contribution in [0.4, 0.5) is 5.69 Å². The summed E-state index contributed by atoms with van der Waals surface area (Å²) in [5, 5.41) is 9.03. The SMILES string of the molecule is CC(C)NC(=O)c1ccc(NC(=O)C2Cc3ccccc3CN2)cc1.Cl. The fourth-order valence-corrected chi connectivity index (χ4v) is 2.92. The fraction of sp³-hybridized carbons (Fsp3) is 0.300. The van der Waals surface area contributed by atoms with Crippen LogP contribution in [0.15, 0.2) is 48.5 Å². The predicted octanol–water partition coefficient (Wildman–Crippen LogP) is 2.90. The highest BCUT2D eigenvalue weighted by molar-refractivity contribution is 5.97. The van der Waals surface area contributed by atoms with Gasteiger partial charge in [-0.1, -0.05) is 24.3 Å². The molecule has 0 saturated heterocycles. The molecule has 2 aromatic rings. The number of rotatable bonds is 4. The predicted molar refractivity (Wildman–Crippen MR) is 106 cm³/mol. The molecule has 6 heteroatoms. The molecule has 138 valence electrons. The van der Waals surface area contributed by atoms with Crippen molar-refractivity contribution in [2.45, 2.75) is 38.9 Å². The van der Waals surface area contributed by atoms with Crippen molar-refractivity contribution in [3.8, 4) is 0 Å². The molecule has 3 rings (SSSR count). The lowest BCUT2D eigenvalue weighted by atomic mass is 9.95. The minimum absolute atomic E-state index is 0. The highest BCUT2D eigenvalue weighted by Gasteiger charge is 2.23. The molecule has 0 aliphatic carbocycles. The summed E-state index contributed by atoms with van der Waals surface area (Å²) in [7, 11) is 0. The van der Waals surface area contributed by atoms with E-state index in [1.54, 1.807) is 24.3 Å². The summed E-state index contributed by atoms with van der Waals surface area (Å²) in [6, 6.07) is 14.9. The van der Waals surface area contributed by atoms with Crippen molar-refractivity contribution in [3.05, 3.63) is 65.2 Å². The van der Waals surface area contributed by atoms with Gasteiger partial charge in [-0.15, -0.1) is 12.4 Å². The van der Waals surface area contributed by atoms with Gasteiger partial charge in [0, 0.05) is 23.8 Å². The van der Waals surface area contributed by atoms with Crippen molar-refractivity contribution in [3.63, 3.8) is 0 Å². The maximum absolute atomic E-state index is 12.5. The van der Waals surface area contributed by atoms with Crippen molar-refractivity contribution in [2.75, 3.05) is 5.32 Å². The van der Waals surface area contributed by atoms with Gasteiger partial charge in [0.2, 0.25) is 5.91 Å². The average molecular weight is 374 g/mol. The first-order valence-electron chi connectivity index (χ1n) is 8.55. The molecule has 1 aliphatic heterocycles. The van der Waals surface area contributed by atoms with Crippen LogP contribution >= 0.6 is 12.4 Å². The molecule has 3 N–H and O–H groups in total. The van der Waals surface area contributed by atoms with Crippen LogP contribution in [0, 0.1) is 0 Å². The lowest BCUT2D eigenvalue weighted by molar-refractivity contribution is -0.118. The van der Waals surface area contributed by atoms with E-state index in [1.807, 2.05) is 26.0 Å². The zero-order chi connectivity index (χ0) is 17.8. The average Bonchev–Trinajstić information content (AvgIpc) is 2.61. The smallest absolute Gasteiger partial charge is 0.251 e. The van der Waals surface area contributed by atoms with E-state index in [0.29, 0.717) is 24.2 Å². The normalized spacial score (nSPS) is 15.6. The third-order valence-electron chi connectivity index (χ3n) is 4.23. The molecule has 0 bridgehead atoms. The number of amides is 2. The van der Waals surface area contributed by atoms with Crippen LogP contribution in [0.5, 0.6) is 0 Å². The molecule has 1 atom stereocenters. The highest BCUT2D eigenvalue weighted by atomic mass is 35.5. The molecule has 1 heterocycles. The fourth-order valence-electron chi connectivity index (χ4n) is 2.92. The number of carbonyl (C=O) groups is 2. The Kier molecular flexibility index (Phi) is 6.77. The summed E-state index contributed by atoms with van der Waals surface area (Å²) in [5.74, 6) is -0.174. The molecule has 1 aliphatic rings. The monoisotopic (exact) mass is 373 g/mol. The summed E-state index contributed by atoms with van der Waals surface area (Å²) >= 11 is 0. The number of benzene rings is 2. The van der Waals surface area contributed by atoms with Crippen molar-refractivity contribution in [2.24, 2.45) is 0 Å². The Morgan fingerprint density at radius 1 is 1.04 bits per heavy atom. The van der Waals surface area contributed by atoms with Gasteiger partial charge in [0.25, 0.3) is 5.91 Å². The van der Waals surface area contributed by atoms with E-state index >= 15 is 0 Å². The van der Waals surface area contributed by atoms with Crippen LogP contribution in [0.3, 0.4) is 0 Å². The minimum atomic E-state index is -0.251. The van der Waals surface area contributed by atoms with Crippen LogP contribution in [-0.4, -0.2) is 23.9 Å². The number of fused-ring (bicyclic) bond motifs is 1. The van der Waals surface area contributed by atoms with Gasteiger partial charge in [0.05, 0.1) is 6.04 Å². The first kappa shape index (κ1) is 19.9. The van der Waals surface area contributed by atoms with Gasteiger partial charge >= 0.3 is 0 Å². The van der Waals surface area contributed by atoms with E-state index < -0.39 is 0 Å². The third kappa shape index (κ3) is 4.84. The van der Waals surface area contributed by atoms with Gasteiger partial charge in [0.1, 0.15) is 0 Å². The Morgan fingerprint density at radius 2 is 1.69 bits per heavy atom. The first-order valence-corrected chi connectivity index (χ1v) is 8.55. The Labute approximate surface area is 160 Å². The number of carbonyl (C=O) groups excluding carboxylic acids is 2. The zero-order valence-electron chi connectivity index (χ0n) is 14.9. The molecule has 2 aromatic carbocycles. The number of anilines is 1. The summed E-state index contributed by atoms with van der Waals surface area (Å²) in [6.07, 6.45) is 0.677. The molecule has 0 radical (unpaired) electrons. The molecule has 26 heavy (non-hydrogen) atoms. The largest absolute Gasteiger partial charge is 0.350 e. The van der Waals surface area contributed by atoms with Crippen LogP contribution < -0.4 is 16.0 Å². The summed E-state index contributed by atoms with van der Waals surface area (Å²) in [4.78, 5) is 24.4.